The molecule has 8 aromatic rings. The molecular weight excluding hydrogens is 454 g/mol. The molecule has 0 spiro atoms. The van der Waals surface area contributed by atoms with Crippen molar-refractivity contribution in [1.29, 1.82) is 0 Å². The molecule has 0 aliphatic rings. The lowest BCUT2D eigenvalue weighted by Gasteiger charge is -2.13. The van der Waals surface area contributed by atoms with Crippen LogP contribution in [0.5, 0.6) is 0 Å². The van der Waals surface area contributed by atoms with E-state index in [1.165, 1.54) is 0 Å². The summed E-state index contributed by atoms with van der Waals surface area (Å²) in [4.78, 5) is 10.4. The van der Waals surface area contributed by atoms with E-state index in [1.54, 1.807) is 0 Å². The smallest absolute Gasteiger partial charge is 0.223 e. The third kappa shape index (κ3) is 2.85. The van der Waals surface area contributed by atoms with Crippen molar-refractivity contribution in [1.82, 2.24) is 23.5 Å². The molecule has 5 aromatic carbocycles. The minimum Gasteiger partial charge on any atom is -0.278 e. The van der Waals surface area contributed by atoms with Crippen molar-refractivity contribution in [2.75, 3.05) is 0 Å². The van der Waals surface area contributed by atoms with Gasteiger partial charge in [-0.3, -0.25) is 8.97 Å². The minimum atomic E-state index is 0.811. The molecular formula is C32H21N5. The minimum absolute atomic E-state index is 0.811. The van der Waals surface area contributed by atoms with Crippen LogP contribution in [0.1, 0.15) is 0 Å². The molecule has 0 atom stereocenters. The Morgan fingerprint density at radius 2 is 1.08 bits per heavy atom. The van der Waals surface area contributed by atoms with Crippen LogP contribution in [0.2, 0.25) is 0 Å². The number of hydrogen-bond donors (Lipinski definition) is 0. The fourth-order valence-corrected chi connectivity index (χ4v) is 5.48. The highest BCUT2D eigenvalue weighted by atomic mass is 15.3. The molecule has 0 amide bonds. The Kier molecular flexibility index (Phi) is 4.16. The average Bonchev–Trinajstić information content (AvgIpc) is 3.62. The lowest BCUT2D eigenvalue weighted by atomic mass is 10.0. The molecule has 8 rings (SSSR count). The number of nitrogens with zero attached hydrogens (tertiary/aromatic N) is 5. The van der Waals surface area contributed by atoms with E-state index in [0.717, 1.165) is 61.6 Å². The van der Waals surface area contributed by atoms with Crippen LogP contribution in [0.4, 0.5) is 0 Å². The molecule has 0 radical (unpaired) electrons. The fourth-order valence-electron chi connectivity index (χ4n) is 5.48. The van der Waals surface area contributed by atoms with Crippen LogP contribution in [0.3, 0.4) is 0 Å². The third-order valence-electron chi connectivity index (χ3n) is 7.06. The van der Waals surface area contributed by atoms with Crippen molar-refractivity contribution >= 4 is 38.9 Å². The molecule has 0 N–H and O–H groups in total. The first-order valence-corrected chi connectivity index (χ1v) is 12.4. The van der Waals surface area contributed by atoms with Crippen LogP contribution < -0.4 is 0 Å². The lowest BCUT2D eigenvalue weighted by molar-refractivity contribution is 0.938. The Morgan fingerprint density at radius 3 is 1.86 bits per heavy atom. The van der Waals surface area contributed by atoms with Gasteiger partial charge in [0.25, 0.3) is 0 Å². The van der Waals surface area contributed by atoms with Crippen molar-refractivity contribution in [3.8, 4) is 22.8 Å². The summed E-state index contributed by atoms with van der Waals surface area (Å²) >= 11 is 0. The van der Waals surface area contributed by atoms with E-state index in [2.05, 4.69) is 123 Å². The molecule has 0 bridgehead atoms. The van der Waals surface area contributed by atoms with Gasteiger partial charge in [0.1, 0.15) is 0 Å². The number of para-hydroxylation sites is 6. The first-order chi connectivity index (χ1) is 18.4. The largest absolute Gasteiger partial charge is 0.278 e. The standard InChI is InChI=1S/C32H21N5/c1-3-12-22(13-4-1)24-16-11-21-29-30(24)37(32-34-26-18-8-10-20-28(26)36(29)32)31-33-25-17-7-9-19-27(25)35(31)23-14-5-2-6-15-23/h1-21H. The topological polar surface area (TPSA) is 40.0 Å². The summed E-state index contributed by atoms with van der Waals surface area (Å²) < 4.78 is 6.71. The lowest BCUT2D eigenvalue weighted by Crippen LogP contribution is -2.06. The van der Waals surface area contributed by atoms with Crippen molar-refractivity contribution in [3.63, 3.8) is 0 Å². The maximum Gasteiger partial charge on any atom is 0.223 e. The van der Waals surface area contributed by atoms with Gasteiger partial charge in [-0.2, -0.15) is 0 Å². The maximum absolute atomic E-state index is 5.21. The van der Waals surface area contributed by atoms with E-state index in [4.69, 9.17) is 9.97 Å². The summed E-state index contributed by atoms with van der Waals surface area (Å²) in [5.41, 5.74) is 9.55. The van der Waals surface area contributed by atoms with Crippen LogP contribution in [-0.4, -0.2) is 23.5 Å². The molecule has 0 aliphatic heterocycles. The molecule has 5 nitrogen and oxygen atoms in total. The number of hydrogen-bond acceptors (Lipinski definition) is 2. The van der Waals surface area contributed by atoms with Crippen molar-refractivity contribution in [2.24, 2.45) is 0 Å². The summed E-state index contributed by atoms with van der Waals surface area (Å²) in [6.45, 7) is 0. The van der Waals surface area contributed by atoms with Gasteiger partial charge in [-0.15, -0.1) is 0 Å². The summed E-state index contributed by atoms with van der Waals surface area (Å²) in [5, 5.41) is 0. The van der Waals surface area contributed by atoms with Gasteiger partial charge in [-0.25, -0.2) is 14.5 Å². The van der Waals surface area contributed by atoms with E-state index in [-0.39, 0.29) is 0 Å². The second-order valence-electron chi connectivity index (χ2n) is 9.18. The van der Waals surface area contributed by atoms with Crippen LogP contribution in [0.25, 0.3) is 61.6 Å². The van der Waals surface area contributed by atoms with E-state index in [1.807, 2.05) is 18.2 Å². The number of fused-ring (bicyclic) bond motifs is 6. The van der Waals surface area contributed by atoms with Gasteiger partial charge in [0.05, 0.1) is 33.1 Å². The van der Waals surface area contributed by atoms with Gasteiger partial charge in [0, 0.05) is 11.3 Å². The summed E-state index contributed by atoms with van der Waals surface area (Å²) in [6.07, 6.45) is 0. The van der Waals surface area contributed by atoms with Gasteiger partial charge in [0.15, 0.2) is 0 Å². The molecule has 0 fully saturated rings. The molecule has 0 unspecified atom stereocenters. The zero-order valence-corrected chi connectivity index (χ0v) is 19.9. The highest BCUT2D eigenvalue weighted by Gasteiger charge is 2.24. The Balaban J connectivity index is 1.61. The van der Waals surface area contributed by atoms with Gasteiger partial charge in [-0.05, 0) is 48.0 Å². The van der Waals surface area contributed by atoms with Gasteiger partial charge in [0.2, 0.25) is 11.7 Å². The molecule has 5 heteroatoms. The first-order valence-electron chi connectivity index (χ1n) is 12.4. The second kappa shape index (κ2) is 7.67. The zero-order valence-electron chi connectivity index (χ0n) is 19.9. The Bertz CT molecular complexity index is 2080. The third-order valence-corrected chi connectivity index (χ3v) is 7.06. The van der Waals surface area contributed by atoms with Crippen LogP contribution in [-0.2, 0) is 0 Å². The van der Waals surface area contributed by atoms with Gasteiger partial charge in [-0.1, -0.05) is 84.9 Å². The highest BCUT2D eigenvalue weighted by molar-refractivity contribution is 6.00. The molecule has 0 aliphatic carbocycles. The van der Waals surface area contributed by atoms with Crippen LogP contribution >= 0.6 is 0 Å². The average molecular weight is 476 g/mol. The normalized spacial score (nSPS) is 11.8. The quantitative estimate of drug-likeness (QED) is 0.266. The number of imidazole rings is 3. The number of rotatable bonds is 3. The summed E-state index contributed by atoms with van der Waals surface area (Å²) in [6, 6.07) is 44.1. The number of aromatic nitrogens is 5. The predicted molar refractivity (Wildman–Crippen MR) is 150 cm³/mol. The molecule has 37 heavy (non-hydrogen) atoms. The molecule has 0 saturated carbocycles. The monoisotopic (exact) mass is 475 g/mol. The molecule has 3 heterocycles. The van der Waals surface area contributed by atoms with E-state index in [9.17, 15) is 0 Å². The van der Waals surface area contributed by atoms with E-state index < -0.39 is 0 Å². The van der Waals surface area contributed by atoms with Crippen molar-refractivity contribution in [2.45, 2.75) is 0 Å². The van der Waals surface area contributed by atoms with E-state index >= 15 is 0 Å². The van der Waals surface area contributed by atoms with Crippen molar-refractivity contribution < 1.29 is 0 Å². The first kappa shape index (κ1) is 20.1. The maximum atomic E-state index is 5.21. The summed E-state index contributed by atoms with van der Waals surface area (Å²) in [7, 11) is 0. The highest BCUT2D eigenvalue weighted by Crippen LogP contribution is 2.36. The molecule has 0 saturated heterocycles. The SMILES string of the molecule is c1ccc(-c2cccc3c2n(-c2nc4ccccc4n2-c2ccccc2)c2nc4ccccc4n32)cc1. The van der Waals surface area contributed by atoms with Gasteiger partial charge < -0.3 is 0 Å². The number of benzene rings is 5. The summed E-state index contributed by atoms with van der Waals surface area (Å²) in [5.74, 6) is 1.65. The Morgan fingerprint density at radius 1 is 0.459 bits per heavy atom. The van der Waals surface area contributed by atoms with Crippen LogP contribution in [0, 0.1) is 0 Å². The zero-order chi connectivity index (χ0) is 24.3. The fraction of sp³-hybridized carbons (Fsp3) is 0. The van der Waals surface area contributed by atoms with Crippen LogP contribution in [0.15, 0.2) is 127 Å². The molecule has 174 valence electrons. The Hall–Kier alpha value is -5.16. The second-order valence-corrected chi connectivity index (χ2v) is 9.18. The van der Waals surface area contributed by atoms with Gasteiger partial charge >= 0.3 is 0 Å². The van der Waals surface area contributed by atoms with E-state index in [0.29, 0.717) is 0 Å². The molecule has 3 aromatic heterocycles. The van der Waals surface area contributed by atoms with Crippen molar-refractivity contribution in [3.05, 3.63) is 127 Å². The Labute approximate surface area is 212 Å². The predicted octanol–water partition coefficient (Wildman–Crippen LogP) is 7.44.